The second kappa shape index (κ2) is 8.89. The molecule has 31 heavy (non-hydrogen) atoms. The van der Waals surface area contributed by atoms with Gasteiger partial charge in [0, 0.05) is 50.2 Å². The van der Waals surface area contributed by atoms with Crippen LogP contribution in [0.1, 0.15) is 35.5 Å². The van der Waals surface area contributed by atoms with E-state index in [2.05, 4.69) is 28.6 Å². The third-order valence-electron chi connectivity index (χ3n) is 5.72. The zero-order valence-corrected chi connectivity index (χ0v) is 18.2. The molecule has 0 radical (unpaired) electrons. The molecule has 162 valence electrons. The van der Waals surface area contributed by atoms with Gasteiger partial charge in [0.05, 0.1) is 11.3 Å². The van der Waals surface area contributed by atoms with Crippen molar-refractivity contribution < 1.29 is 9.53 Å². The minimum atomic E-state index is -0.429. The highest BCUT2D eigenvalue weighted by Crippen LogP contribution is 2.19. The first-order chi connectivity index (χ1) is 14.9. The summed E-state index contributed by atoms with van der Waals surface area (Å²) in [6, 6.07) is 13.1. The third-order valence-corrected chi connectivity index (χ3v) is 5.72. The Labute approximate surface area is 181 Å². The maximum absolute atomic E-state index is 12.5. The van der Waals surface area contributed by atoms with Gasteiger partial charge in [0.2, 0.25) is 0 Å². The molecule has 7 heteroatoms. The molecule has 0 saturated carbocycles. The number of fused-ring (bicyclic) bond motifs is 1. The number of aryl methyl sites for hydroxylation is 1. The zero-order valence-electron chi connectivity index (χ0n) is 18.2. The van der Waals surface area contributed by atoms with E-state index in [1.807, 2.05) is 25.1 Å². The van der Waals surface area contributed by atoms with Gasteiger partial charge in [0.25, 0.3) is 5.56 Å². The van der Waals surface area contributed by atoms with Gasteiger partial charge in [0.1, 0.15) is 12.3 Å². The number of carbonyl (C=O) groups is 1. The first-order valence-electron chi connectivity index (χ1n) is 10.7. The van der Waals surface area contributed by atoms with E-state index in [4.69, 9.17) is 4.74 Å². The van der Waals surface area contributed by atoms with Crippen molar-refractivity contribution in [1.82, 2.24) is 14.3 Å². The second-order valence-electron chi connectivity index (χ2n) is 8.26. The van der Waals surface area contributed by atoms with E-state index in [9.17, 15) is 9.59 Å². The predicted octanol–water partition coefficient (Wildman–Crippen LogP) is 2.89. The number of carbonyl (C=O) groups excluding carboxylic acids is 1. The highest BCUT2D eigenvalue weighted by atomic mass is 16.5. The van der Waals surface area contributed by atoms with Crippen LogP contribution in [-0.4, -0.2) is 52.5 Å². The molecule has 0 unspecified atom stereocenters. The van der Waals surface area contributed by atoms with Crippen LogP contribution in [0.15, 0.2) is 53.5 Å². The van der Waals surface area contributed by atoms with E-state index in [-0.39, 0.29) is 12.2 Å². The molecule has 7 nitrogen and oxygen atoms in total. The molecule has 1 aliphatic heterocycles. The SMILES string of the molecule is Cc1ccc2nc(COC(=O)c3ccc(N4CCN(C(C)C)CC4)cc3)cc(=O)n2c1. The van der Waals surface area contributed by atoms with Crippen LogP contribution in [0.3, 0.4) is 0 Å². The van der Waals surface area contributed by atoms with E-state index in [0.29, 0.717) is 22.9 Å². The van der Waals surface area contributed by atoms with Crippen molar-refractivity contribution in [3.63, 3.8) is 0 Å². The zero-order chi connectivity index (χ0) is 22.0. The lowest BCUT2D eigenvalue weighted by molar-refractivity contribution is 0.0467. The minimum absolute atomic E-state index is 0.0443. The summed E-state index contributed by atoms with van der Waals surface area (Å²) in [6.07, 6.45) is 1.74. The summed E-state index contributed by atoms with van der Waals surface area (Å²) in [5.41, 5.74) is 3.34. The average Bonchev–Trinajstić information content (AvgIpc) is 2.78. The largest absolute Gasteiger partial charge is 0.456 e. The summed E-state index contributed by atoms with van der Waals surface area (Å²) in [7, 11) is 0. The van der Waals surface area contributed by atoms with E-state index < -0.39 is 5.97 Å². The first-order valence-corrected chi connectivity index (χ1v) is 10.7. The van der Waals surface area contributed by atoms with E-state index in [1.54, 1.807) is 24.4 Å². The maximum atomic E-state index is 12.5. The molecule has 1 aromatic carbocycles. The molecular weight excluding hydrogens is 392 g/mol. The normalized spacial score (nSPS) is 14.9. The van der Waals surface area contributed by atoms with E-state index in [0.717, 1.165) is 37.4 Å². The fourth-order valence-corrected chi connectivity index (χ4v) is 3.86. The Bertz CT molecular complexity index is 1130. The van der Waals surface area contributed by atoms with Crippen LogP contribution in [0.2, 0.25) is 0 Å². The molecule has 1 aliphatic rings. The van der Waals surface area contributed by atoms with Crippen molar-refractivity contribution in [2.24, 2.45) is 0 Å². The number of piperazine rings is 1. The highest BCUT2D eigenvalue weighted by molar-refractivity contribution is 5.89. The van der Waals surface area contributed by atoms with Crippen molar-refractivity contribution in [1.29, 1.82) is 0 Å². The molecule has 1 fully saturated rings. The fourth-order valence-electron chi connectivity index (χ4n) is 3.86. The number of nitrogens with zero attached hydrogens (tertiary/aromatic N) is 4. The maximum Gasteiger partial charge on any atom is 0.338 e. The van der Waals surface area contributed by atoms with Gasteiger partial charge in [-0.15, -0.1) is 0 Å². The molecule has 4 rings (SSSR count). The molecule has 2 aromatic heterocycles. The van der Waals surface area contributed by atoms with Crippen molar-refractivity contribution >= 4 is 17.3 Å². The Morgan fingerprint density at radius 1 is 1.06 bits per heavy atom. The monoisotopic (exact) mass is 420 g/mol. The molecule has 0 N–H and O–H groups in total. The minimum Gasteiger partial charge on any atom is -0.456 e. The summed E-state index contributed by atoms with van der Waals surface area (Å²) < 4.78 is 6.88. The summed E-state index contributed by atoms with van der Waals surface area (Å²) >= 11 is 0. The van der Waals surface area contributed by atoms with Crippen LogP contribution in [0.25, 0.3) is 5.65 Å². The van der Waals surface area contributed by atoms with Crippen molar-refractivity contribution in [3.05, 3.63) is 75.8 Å². The standard InChI is InChI=1S/C24H28N4O3/c1-17(2)26-10-12-27(13-11-26)21-7-5-19(6-8-21)24(30)31-16-20-14-23(29)28-15-18(3)4-9-22(28)25-20/h4-9,14-15,17H,10-13,16H2,1-3H3. The lowest BCUT2D eigenvalue weighted by atomic mass is 10.1. The van der Waals surface area contributed by atoms with Gasteiger partial charge < -0.3 is 9.64 Å². The van der Waals surface area contributed by atoms with Gasteiger partial charge >= 0.3 is 5.97 Å². The Balaban J connectivity index is 1.38. The predicted molar refractivity (Wildman–Crippen MR) is 121 cm³/mol. The van der Waals surface area contributed by atoms with Gasteiger partial charge in [-0.1, -0.05) is 6.07 Å². The molecule has 1 saturated heterocycles. The topological polar surface area (TPSA) is 67.2 Å². The van der Waals surface area contributed by atoms with Gasteiger partial charge in [-0.25, -0.2) is 9.78 Å². The highest BCUT2D eigenvalue weighted by Gasteiger charge is 2.19. The molecule has 0 aliphatic carbocycles. The summed E-state index contributed by atoms with van der Waals surface area (Å²) in [5.74, 6) is -0.429. The van der Waals surface area contributed by atoms with Crippen molar-refractivity contribution in [2.45, 2.75) is 33.4 Å². The third kappa shape index (κ3) is 4.77. The van der Waals surface area contributed by atoms with Crippen LogP contribution in [0, 0.1) is 6.92 Å². The van der Waals surface area contributed by atoms with Crippen LogP contribution >= 0.6 is 0 Å². The van der Waals surface area contributed by atoms with Crippen LogP contribution in [-0.2, 0) is 11.3 Å². The number of hydrogen-bond acceptors (Lipinski definition) is 6. The second-order valence-corrected chi connectivity index (χ2v) is 8.26. The van der Waals surface area contributed by atoms with Crippen LogP contribution < -0.4 is 10.5 Å². The Hall–Kier alpha value is -3.19. The molecular formula is C24H28N4O3. The lowest BCUT2D eigenvalue weighted by Crippen LogP contribution is -2.48. The Morgan fingerprint density at radius 2 is 1.77 bits per heavy atom. The Morgan fingerprint density at radius 3 is 2.45 bits per heavy atom. The molecule has 0 amide bonds. The number of aromatic nitrogens is 2. The number of benzene rings is 1. The fraction of sp³-hybridized carbons (Fsp3) is 0.375. The van der Waals surface area contributed by atoms with Crippen molar-refractivity contribution in [2.75, 3.05) is 31.1 Å². The summed E-state index contributed by atoms with van der Waals surface area (Å²) in [4.78, 5) is 34.0. The lowest BCUT2D eigenvalue weighted by Gasteiger charge is -2.38. The number of pyridine rings is 1. The quantitative estimate of drug-likeness (QED) is 0.592. The van der Waals surface area contributed by atoms with Crippen LogP contribution in [0.4, 0.5) is 5.69 Å². The molecule has 0 atom stereocenters. The smallest absolute Gasteiger partial charge is 0.338 e. The van der Waals surface area contributed by atoms with Gasteiger partial charge in [-0.3, -0.25) is 14.1 Å². The number of anilines is 1. The van der Waals surface area contributed by atoms with Gasteiger partial charge in [-0.05, 0) is 56.7 Å². The average molecular weight is 421 g/mol. The van der Waals surface area contributed by atoms with E-state index >= 15 is 0 Å². The van der Waals surface area contributed by atoms with Crippen LogP contribution in [0.5, 0.6) is 0 Å². The molecule has 3 aromatic rings. The Kier molecular flexibility index (Phi) is 6.04. The number of rotatable bonds is 5. The number of ether oxygens (including phenoxy) is 1. The first kappa shape index (κ1) is 21.1. The number of hydrogen-bond donors (Lipinski definition) is 0. The molecule has 0 bridgehead atoms. The number of esters is 1. The van der Waals surface area contributed by atoms with Gasteiger partial charge in [0.15, 0.2) is 0 Å². The molecule has 3 heterocycles. The van der Waals surface area contributed by atoms with Crippen molar-refractivity contribution in [3.8, 4) is 0 Å². The van der Waals surface area contributed by atoms with E-state index in [1.165, 1.54) is 10.5 Å². The van der Waals surface area contributed by atoms with Gasteiger partial charge in [-0.2, -0.15) is 0 Å². The molecule has 0 spiro atoms. The summed E-state index contributed by atoms with van der Waals surface area (Å²) in [6.45, 7) is 10.4. The summed E-state index contributed by atoms with van der Waals surface area (Å²) in [5, 5.41) is 0.